The Balaban J connectivity index is 2.75. The van der Waals surface area contributed by atoms with Crippen molar-refractivity contribution in [2.45, 2.75) is 12.2 Å². The molecule has 1 atom stereocenters. The number of amides is 1. The molecule has 18 heavy (non-hydrogen) atoms. The fourth-order valence-corrected chi connectivity index (χ4v) is 3.31. The third-order valence-electron chi connectivity index (χ3n) is 2.47. The molecule has 1 unspecified atom stereocenters. The first-order chi connectivity index (χ1) is 8.44. The first kappa shape index (κ1) is 14.4. The topological polar surface area (TPSA) is 94.3 Å². The highest BCUT2D eigenvalue weighted by molar-refractivity contribution is 7.90. The van der Waals surface area contributed by atoms with E-state index < -0.39 is 27.4 Å². The number of rotatable bonds is 7. The van der Waals surface area contributed by atoms with Crippen LogP contribution in [0.3, 0.4) is 0 Å². The molecule has 0 spiro atoms. The van der Waals surface area contributed by atoms with Gasteiger partial charge in [-0.1, -0.05) is 30.3 Å². The Bertz CT molecular complexity index is 510. The Hall–Kier alpha value is -1.69. The van der Waals surface area contributed by atoms with Crippen LogP contribution in [0.1, 0.15) is 12.0 Å². The van der Waals surface area contributed by atoms with Crippen LogP contribution in [0, 0.1) is 5.92 Å². The molecular weight excluding hydrogens is 254 g/mol. The minimum absolute atomic E-state index is 0.156. The van der Waals surface area contributed by atoms with Crippen LogP contribution in [0.15, 0.2) is 30.3 Å². The van der Waals surface area contributed by atoms with Gasteiger partial charge in [0.25, 0.3) is 0 Å². The zero-order chi connectivity index (χ0) is 13.6. The Morgan fingerprint density at radius 2 is 1.89 bits per heavy atom. The molecule has 0 radical (unpaired) electrons. The molecule has 6 heteroatoms. The molecule has 0 saturated carbocycles. The summed E-state index contributed by atoms with van der Waals surface area (Å²) in [4.78, 5) is 21.4. The van der Waals surface area contributed by atoms with Gasteiger partial charge in [-0.05, 0) is 5.56 Å². The maximum absolute atomic E-state index is 11.9. The van der Waals surface area contributed by atoms with E-state index in [2.05, 4.69) is 0 Å². The normalized spacial score (nSPS) is 12.9. The largest absolute Gasteiger partial charge is 0.369 e. The minimum Gasteiger partial charge on any atom is -0.369 e. The molecule has 98 valence electrons. The molecule has 1 aromatic carbocycles. The van der Waals surface area contributed by atoms with Gasteiger partial charge >= 0.3 is 0 Å². The van der Waals surface area contributed by atoms with Crippen LogP contribution < -0.4 is 5.73 Å². The lowest BCUT2D eigenvalue weighted by atomic mass is 10.1. The summed E-state index contributed by atoms with van der Waals surface area (Å²) in [5.41, 5.74) is 5.71. The molecule has 0 saturated heterocycles. The van der Waals surface area contributed by atoms with Crippen LogP contribution in [-0.2, 0) is 25.2 Å². The molecule has 1 amide bonds. The van der Waals surface area contributed by atoms with E-state index in [0.717, 1.165) is 0 Å². The summed E-state index contributed by atoms with van der Waals surface area (Å²) in [5.74, 6) is -2.26. The molecule has 0 aliphatic carbocycles. The second-order valence-electron chi connectivity index (χ2n) is 4.04. The smallest absolute Gasteiger partial charge is 0.221 e. The number of sulfone groups is 1. The van der Waals surface area contributed by atoms with Crippen molar-refractivity contribution in [1.82, 2.24) is 0 Å². The second-order valence-corrected chi connectivity index (χ2v) is 6.15. The Labute approximate surface area is 106 Å². The maximum atomic E-state index is 11.9. The van der Waals surface area contributed by atoms with Crippen molar-refractivity contribution < 1.29 is 18.0 Å². The van der Waals surface area contributed by atoms with Gasteiger partial charge in [-0.25, -0.2) is 8.42 Å². The fraction of sp³-hybridized carbons (Fsp3) is 0.333. The molecule has 2 N–H and O–H groups in total. The predicted octanol–water partition coefficient (Wildman–Crippen LogP) is 0.292. The van der Waals surface area contributed by atoms with E-state index in [-0.39, 0.29) is 12.2 Å². The highest BCUT2D eigenvalue weighted by atomic mass is 32.2. The van der Waals surface area contributed by atoms with E-state index in [4.69, 9.17) is 5.73 Å². The van der Waals surface area contributed by atoms with E-state index >= 15 is 0 Å². The first-order valence-electron chi connectivity index (χ1n) is 5.42. The van der Waals surface area contributed by atoms with Gasteiger partial charge in [0.15, 0.2) is 9.84 Å². The fourth-order valence-electron chi connectivity index (χ4n) is 1.58. The summed E-state index contributed by atoms with van der Waals surface area (Å²) in [6, 6.07) is 8.64. The average molecular weight is 269 g/mol. The van der Waals surface area contributed by atoms with Crippen molar-refractivity contribution in [3.8, 4) is 0 Å². The van der Waals surface area contributed by atoms with E-state index in [1.807, 2.05) is 0 Å². The van der Waals surface area contributed by atoms with Crippen LogP contribution in [0.2, 0.25) is 0 Å². The Kier molecular flexibility index (Phi) is 5.03. The summed E-state index contributed by atoms with van der Waals surface area (Å²) in [6.45, 7) is 0. The zero-order valence-corrected chi connectivity index (χ0v) is 10.6. The molecule has 5 nitrogen and oxygen atoms in total. The second kappa shape index (κ2) is 6.30. The zero-order valence-electron chi connectivity index (χ0n) is 9.78. The van der Waals surface area contributed by atoms with E-state index in [9.17, 15) is 18.0 Å². The van der Waals surface area contributed by atoms with Gasteiger partial charge in [-0.3, -0.25) is 4.79 Å². The monoisotopic (exact) mass is 269 g/mol. The Morgan fingerprint density at radius 1 is 1.28 bits per heavy atom. The molecule has 1 aromatic rings. The van der Waals surface area contributed by atoms with Crippen molar-refractivity contribution in [2.75, 3.05) is 5.75 Å². The number of aldehydes is 1. The average Bonchev–Trinajstić information content (AvgIpc) is 2.28. The van der Waals surface area contributed by atoms with Gasteiger partial charge in [-0.15, -0.1) is 0 Å². The van der Waals surface area contributed by atoms with Crippen molar-refractivity contribution in [2.24, 2.45) is 11.7 Å². The molecule has 0 aliphatic rings. The highest BCUT2D eigenvalue weighted by Crippen LogP contribution is 2.11. The number of primary amides is 1. The lowest BCUT2D eigenvalue weighted by Gasteiger charge is -2.10. The minimum atomic E-state index is -3.46. The van der Waals surface area contributed by atoms with Crippen LogP contribution in [0.25, 0.3) is 0 Å². The van der Waals surface area contributed by atoms with Crippen LogP contribution >= 0.6 is 0 Å². The standard InChI is InChI=1S/C12H15NO4S/c13-12(15)11(6-7-14)9-18(16,17)8-10-4-2-1-3-5-10/h1-5,7,11H,6,8-9H2,(H2,13,15). The molecule has 0 aliphatic heterocycles. The van der Waals surface area contributed by atoms with Crippen LogP contribution in [0.5, 0.6) is 0 Å². The van der Waals surface area contributed by atoms with Gasteiger partial charge in [-0.2, -0.15) is 0 Å². The molecular formula is C12H15NO4S. The SMILES string of the molecule is NC(=O)C(CC=O)CS(=O)(=O)Cc1ccccc1. The number of hydrogen-bond acceptors (Lipinski definition) is 4. The van der Waals surface area contributed by atoms with Crippen LogP contribution in [-0.4, -0.2) is 26.4 Å². The molecule has 0 aromatic heterocycles. The molecule has 0 fully saturated rings. The van der Waals surface area contributed by atoms with Gasteiger partial charge in [0.05, 0.1) is 17.4 Å². The number of nitrogens with two attached hydrogens (primary N) is 1. The van der Waals surface area contributed by atoms with Crippen molar-refractivity contribution >= 4 is 22.0 Å². The van der Waals surface area contributed by atoms with E-state index in [0.29, 0.717) is 11.8 Å². The third-order valence-corrected chi connectivity index (χ3v) is 4.15. The number of carbonyl (C=O) groups excluding carboxylic acids is 2. The summed E-state index contributed by atoms with van der Waals surface area (Å²) < 4.78 is 23.7. The van der Waals surface area contributed by atoms with Crippen molar-refractivity contribution in [3.63, 3.8) is 0 Å². The molecule has 1 rings (SSSR count). The van der Waals surface area contributed by atoms with E-state index in [1.165, 1.54) is 0 Å². The molecule has 0 heterocycles. The maximum Gasteiger partial charge on any atom is 0.221 e. The van der Waals surface area contributed by atoms with Gasteiger partial charge < -0.3 is 10.5 Å². The lowest BCUT2D eigenvalue weighted by Crippen LogP contribution is -2.30. The van der Waals surface area contributed by atoms with Crippen molar-refractivity contribution in [1.29, 1.82) is 0 Å². The van der Waals surface area contributed by atoms with Crippen molar-refractivity contribution in [3.05, 3.63) is 35.9 Å². The summed E-state index contributed by atoms with van der Waals surface area (Å²) in [7, 11) is -3.46. The Morgan fingerprint density at radius 3 is 2.39 bits per heavy atom. The lowest BCUT2D eigenvalue weighted by molar-refractivity contribution is -0.123. The predicted molar refractivity (Wildman–Crippen MR) is 67.3 cm³/mol. The number of benzene rings is 1. The summed E-state index contributed by atoms with van der Waals surface area (Å²) in [6.07, 6.45) is 0.344. The van der Waals surface area contributed by atoms with Gasteiger partial charge in [0.1, 0.15) is 6.29 Å². The summed E-state index contributed by atoms with van der Waals surface area (Å²) in [5, 5.41) is 0. The van der Waals surface area contributed by atoms with Crippen LogP contribution in [0.4, 0.5) is 0 Å². The first-order valence-corrected chi connectivity index (χ1v) is 7.24. The summed E-state index contributed by atoms with van der Waals surface area (Å²) >= 11 is 0. The van der Waals surface area contributed by atoms with Gasteiger partial charge in [0.2, 0.25) is 5.91 Å². The number of carbonyl (C=O) groups is 2. The molecule has 0 bridgehead atoms. The number of hydrogen-bond donors (Lipinski definition) is 1. The van der Waals surface area contributed by atoms with E-state index in [1.54, 1.807) is 30.3 Å². The van der Waals surface area contributed by atoms with Gasteiger partial charge in [0, 0.05) is 6.42 Å². The third kappa shape index (κ3) is 4.67. The quantitative estimate of drug-likeness (QED) is 0.720. The highest BCUT2D eigenvalue weighted by Gasteiger charge is 2.23.